The summed E-state index contributed by atoms with van der Waals surface area (Å²) in [6.45, 7) is 3.68. The molecule has 0 atom stereocenters. The molecule has 48 valence electrons. The number of hydrogen-bond donors (Lipinski definition) is 0. The van der Waals surface area contributed by atoms with Crippen LogP contribution in [0.5, 0.6) is 0 Å². The maximum absolute atomic E-state index is 10.6. The molecule has 0 aliphatic rings. The Balaban J connectivity index is 3.33. The van der Waals surface area contributed by atoms with Gasteiger partial charge in [0.15, 0.2) is 0 Å². The first-order chi connectivity index (χ1) is 3.68. The first kappa shape index (κ1) is 8.26. The summed E-state index contributed by atoms with van der Waals surface area (Å²) in [6.07, 6.45) is 0. The molecule has 0 unspecified atom stereocenters. The summed E-state index contributed by atoms with van der Waals surface area (Å²) >= 11 is -0.461. The van der Waals surface area contributed by atoms with Crippen LogP contribution in [0.15, 0.2) is 0 Å². The molecule has 8 heavy (non-hydrogen) atoms. The van der Waals surface area contributed by atoms with Gasteiger partial charge in [0.2, 0.25) is 0 Å². The molecule has 0 N–H and O–H groups in total. The van der Waals surface area contributed by atoms with Gasteiger partial charge in [-0.3, -0.25) is 0 Å². The summed E-state index contributed by atoms with van der Waals surface area (Å²) < 4.78 is 4.79. The summed E-state index contributed by atoms with van der Waals surface area (Å²) in [5.74, 6) is -0.0186. The summed E-state index contributed by atoms with van der Waals surface area (Å²) in [4.78, 5) is 12.5. The van der Waals surface area contributed by atoms with E-state index < -0.39 is 21.3 Å². The fraction of sp³-hybridized carbons (Fsp3) is 0.800. The van der Waals surface area contributed by atoms with Crippen molar-refractivity contribution in [3.8, 4) is 0 Å². The average Bonchev–Trinajstić information content (AvgIpc) is 1.67. The molecule has 0 aromatic heterocycles. The molecule has 0 heterocycles. The molecule has 0 spiro atoms. The van der Waals surface area contributed by atoms with E-state index in [1.54, 1.807) is 0 Å². The van der Waals surface area contributed by atoms with Gasteiger partial charge >= 0.3 is 59.9 Å². The molecule has 0 saturated carbocycles. The molecule has 2 nitrogen and oxygen atoms in total. The van der Waals surface area contributed by atoms with Gasteiger partial charge in [-0.25, -0.2) is 0 Å². The zero-order chi connectivity index (χ0) is 6.57. The predicted molar refractivity (Wildman–Crippen MR) is 32.5 cm³/mol. The van der Waals surface area contributed by atoms with Crippen molar-refractivity contribution in [3.05, 3.63) is 0 Å². The normalized spacial score (nSPS) is 9.50. The van der Waals surface area contributed by atoms with Crippen LogP contribution in [0.25, 0.3) is 0 Å². The van der Waals surface area contributed by atoms with Gasteiger partial charge in [-0.1, -0.05) is 0 Å². The Morgan fingerprint density at radius 3 is 2.25 bits per heavy atom. The second kappa shape index (κ2) is 4.17. The standard InChI is InChI=1S/C5H10O2Te/c1-4(2)5(6)7-8-3/h4H,1-3H3. The third kappa shape index (κ3) is 3.29. The molecule has 0 aromatic rings. The van der Waals surface area contributed by atoms with Crippen molar-refractivity contribution in [3.63, 3.8) is 0 Å². The second-order valence-corrected chi connectivity index (χ2v) is 3.15. The van der Waals surface area contributed by atoms with Crippen molar-refractivity contribution in [1.82, 2.24) is 0 Å². The molecular formula is C5H10O2Te. The van der Waals surface area contributed by atoms with Crippen LogP contribution in [-0.4, -0.2) is 27.3 Å². The van der Waals surface area contributed by atoms with Crippen molar-refractivity contribution < 1.29 is 7.90 Å². The van der Waals surface area contributed by atoms with Crippen LogP contribution in [0.3, 0.4) is 0 Å². The van der Waals surface area contributed by atoms with Crippen LogP contribution in [0.4, 0.5) is 0 Å². The van der Waals surface area contributed by atoms with Crippen molar-refractivity contribution in [2.75, 3.05) is 0 Å². The zero-order valence-corrected chi connectivity index (χ0v) is 7.63. The van der Waals surface area contributed by atoms with E-state index in [2.05, 4.69) is 0 Å². The molecule has 3 heteroatoms. The van der Waals surface area contributed by atoms with Gasteiger partial charge in [-0.15, -0.1) is 0 Å². The Bertz CT molecular complexity index is 80.5. The van der Waals surface area contributed by atoms with Crippen LogP contribution < -0.4 is 0 Å². The molecule has 0 amide bonds. The van der Waals surface area contributed by atoms with Gasteiger partial charge in [-0.05, 0) is 0 Å². The van der Waals surface area contributed by atoms with E-state index in [1.165, 1.54) is 0 Å². The van der Waals surface area contributed by atoms with Crippen molar-refractivity contribution in [1.29, 1.82) is 0 Å². The minimum atomic E-state index is -0.461. The van der Waals surface area contributed by atoms with Gasteiger partial charge in [0, 0.05) is 0 Å². The fourth-order valence-electron chi connectivity index (χ4n) is 0.178. The summed E-state index contributed by atoms with van der Waals surface area (Å²) in [7, 11) is 0. The van der Waals surface area contributed by atoms with Crippen molar-refractivity contribution >= 4 is 27.3 Å². The fourth-order valence-corrected chi connectivity index (χ4v) is 1.20. The predicted octanol–water partition coefficient (Wildman–Crippen LogP) is 0.853. The summed E-state index contributed by atoms with van der Waals surface area (Å²) in [6, 6.07) is 0. The molecule has 0 bridgehead atoms. The van der Waals surface area contributed by atoms with Crippen LogP contribution in [0, 0.1) is 5.92 Å². The van der Waals surface area contributed by atoms with Crippen LogP contribution in [0.1, 0.15) is 13.8 Å². The number of carbonyl (C=O) groups excluding carboxylic acids is 1. The molecular weight excluding hydrogens is 220 g/mol. The Hall–Kier alpha value is 0.260. The Labute approximate surface area is 60.2 Å². The first-order valence-electron chi connectivity index (χ1n) is 2.43. The molecule has 0 fully saturated rings. The zero-order valence-electron chi connectivity index (χ0n) is 5.30. The average molecular weight is 230 g/mol. The van der Waals surface area contributed by atoms with Crippen LogP contribution in [0.2, 0.25) is 4.97 Å². The minimum absolute atomic E-state index is 0.0417. The molecule has 0 radical (unpaired) electrons. The Morgan fingerprint density at radius 1 is 1.62 bits per heavy atom. The molecule has 0 rings (SSSR count). The van der Waals surface area contributed by atoms with Crippen molar-refractivity contribution in [2.24, 2.45) is 5.92 Å². The van der Waals surface area contributed by atoms with E-state index in [0.717, 1.165) is 0 Å². The van der Waals surface area contributed by atoms with Gasteiger partial charge in [0.25, 0.3) is 0 Å². The first-order valence-corrected chi connectivity index (χ1v) is 5.71. The van der Waals surface area contributed by atoms with Gasteiger partial charge in [0.05, 0.1) is 0 Å². The maximum atomic E-state index is 10.6. The molecule has 0 aliphatic heterocycles. The van der Waals surface area contributed by atoms with Gasteiger partial charge in [0.1, 0.15) is 0 Å². The number of carbonyl (C=O) groups is 1. The van der Waals surface area contributed by atoms with Crippen LogP contribution >= 0.6 is 0 Å². The van der Waals surface area contributed by atoms with Crippen molar-refractivity contribution in [2.45, 2.75) is 18.8 Å². The van der Waals surface area contributed by atoms with E-state index in [4.69, 9.17) is 3.10 Å². The number of hydrogen-bond acceptors (Lipinski definition) is 2. The van der Waals surface area contributed by atoms with E-state index in [-0.39, 0.29) is 11.9 Å². The number of rotatable bonds is 2. The van der Waals surface area contributed by atoms with Gasteiger partial charge in [-0.2, -0.15) is 0 Å². The SMILES string of the molecule is C[Te]OC(=O)C(C)C. The second-order valence-electron chi connectivity index (χ2n) is 1.72. The van der Waals surface area contributed by atoms with E-state index in [9.17, 15) is 4.79 Å². The van der Waals surface area contributed by atoms with E-state index in [1.807, 2.05) is 18.8 Å². The third-order valence-electron chi connectivity index (χ3n) is 0.637. The van der Waals surface area contributed by atoms with Crippen LogP contribution in [-0.2, 0) is 7.90 Å². The van der Waals surface area contributed by atoms with Gasteiger partial charge < -0.3 is 0 Å². The third-order valence-corrected chi connectivity index (χ3v) is 1.58. The monoisotopic (exact) mass is 232 g/mol. The summed E-state index contributed by atoms with van der Waals surface area (Å²) in [5.41, 5.74) is 0. The molecule has 0 aromatic carbocycles. The quantitative estimate of drug-likeness (QED) is 0.657. The topological polar surface area (TPSA) is 26.3 Å². The Morgan fingerprint density at radius 2 is 2.12 bits per heavy atom. The molecule has 0 saturated heterocycles. The van der Waals surface area contributed by atoms with E-state index >= 15 is 0 Å². The van der Waals surface area contributed by atoms with E-state index in [0.29, 0.717) is 0 Å². The Kier molecular flexibility index (Phi) is 4.30. The molecule has 0 aliphatic carbocycles. The summed E-state index contributed by atoms with van der Waals surface area (Å²) in [5, 5.41) is 0.